The van der Waals surface area contributed by atoms with E-state index in [1.165, 1.54) is 0 Å². The highest BCUT2D eigenvalue weighted by molar-refractivity contribution is 6.31. The molecule has 0 saturated heterocycles. The first-order valence-electron chi connectivity index (χ1n) is 5.56. The predicted octanol–water partition coefficient (Wildman–Crippen LogP) is 2.70. The van der Waals surface area contributed by atoms with Crippen molar-refractivity contribution in [3.05, 3.63) is 53.3 Å². The molecule has 1 aromatic carbocycles. The fraction of sp³-hybridized carbons (Fsp3) is 0.154. The number of amides is 1. The summed E-state index contributed by atoms with van der Waals surface area (Å²) in [6.07, 6.45) is 4.10. The Balaban J connectivity index is 1.88. The molecular weight excluding hydrogens is 250 g/mol. The molecule has 0 fully saturated rings. The summed E-state index contributed by atoms with van der Waals surface area (Å²) in [5.41, 5.74) is 0.961. The Morgan fingerprint density at radius 1 is 1.17 bits per heavy atom. The van der Waals surface area contributed by atoms with E-state index in [2.05, 4.69) is 15.3 Å². The summed E-state index contributed by atoms with van der Waals surface area (Å²) < 4.78 is 0. The van der Waals surface area contributed by atoms with Gasteiger partial charge in [0, 0.05) is 23.8 Å². The van der Waals surface area contributed by atoms with Crippen LogP contribution in [-0.4, -0.2) is 15.9 Å². The van der Waals surface area contributed by atoms with Crippen molar-refractivity contribution in [3.8, 4) is 0 Å². The molecule has 18 heavy (non-hydrogen) atoms. The molecule has 2 rings (SSSR count). The van der Waals surface area contributed by atoms with Crippen molar-refractivity contribution in [1.29, 1.82) is 0 Å². The van der Waals surface area contributed by atoms with Crippen molar-refractivity contribution < 1.29 is 4.79 Å². The Labute approximate surface area is 110 Å². The minimum Gasteiger partial charge on any atom is -0.295 e. The number of nitrogens with zero attached hydrogens (tertiary/aromatic N) is 2. The number of rotatable bonds is 4. The number of halogens is 1. The average Bonchev–Trinajstić information content (AvgIpc) is 2.39. The van der Waals surface area contributed by atoms with Crippen molar-refractivity contribution in [2.45, 2.75) is 12.8 Å². The highest BCUT2D eigenvalue weighted by atomic mass is 35.5. The lowest BCUT2D eigenvalue weighted by atomic mass is 10.1. The predicted molar refractivity (Wildman–Crippen MR) is 70.4 cm³/mol. The average molecular weight is 262 g/mol. The van der Waals surface area contributed by atoms with E-state index in [0.29, 0.717) is 23.8 Å². The van der Waals surface area contributed by atoms with Gasteiger partial charge in [0.05, 0.1) is 0 Å². The molecule has 0 aliphatic carbocycles. The number of benzene rings is 1. The maximum absolute atomic E-state index is 11.7. The molecule has 0 bridgehead atoms. The Kier molecular flexibility index (Phi) is 4.25. The molecule has 92 valence electrons. The van der Waals surface area contributed by atoms with Crippen LogP contribution >= 0.6 is 11.6 Å². The zero-order valence-corrected chi connectivity index (χ0v) is 10.4. The largest absolute Gasteiger partial charge is 0.295 e. The quantitative estimate of drug-likeness (QED) is 0.921. The van der Waals surface area contributed by atoms with Gasteiger partial charge < -0.3 is 0 Å². The topological polar surface area (TPSA) is 54.9 Å². The van der Waals surface area contributed by atoms with Gasteiger partial charge in [-0.1, -0.05) is 29.8 Å². The van der Waals surface area contributed by atoms with Gasteiger partial charge in [-0.2, -0.15) is 0 Å². The van der Waals surface area contributed by atoms with Crippen LogP contribution in [0, 0.1) is 0 Å². The first-order valence-corrected chi connectivity index (χ1v) is 5.94. The normalized spacial score (nSPS) is 10.1. The Bertz CT molecular complexity index is 531. The number of nitrogens with one attached hydrogen (secondary N) is 1. The molecule has 1 aromatic heterocycles. The molecule has 5 heteroatoms. The molecule has 1 N–H and O–H groups in total. The summed E-state index contributed by atoms with van der Waals surface area (Å²) in [4.78, 5) is 19.5. The molecular formula is C13H12ClN3O. The van der Waals surface area contributed by atoms with Crippen LogP contribution in [0.4, 0.5) is 5.95 Å². The molecule has 0 saturated carbocycles. The lowest BCUT2D eigenvalue weighted by Crippen LogP contribution is -2.14. The van der Waals surface area contributed by atoms with Gasteiger partial charge >= 0.3 is 0 Å². The Morgan fingerprint density at radius 2 is 1.89 bits per heavy atom. The van der Waals surface area contributed by atoms with E-state index in [1.807, 2.05) is 24.3 Å². The molecule has 0 unspecified atom stereocenters. The lowest BCUT2D eigenvalue weighted by molar-refractivity contribution is -0.116. The van der Waals surface area contributed by atoms with E-state index in [4.69, 9.17) is 11.6 Å². The SMILES string of the molecule is O=C(CCc1ccccc1Cl)Nc1ncccn1. The van der Waals surface area contributed by atoms with Crippen molar-refractivity contribution in [1.82, 2.24) is 9.97 Å². The lowest BCUT2D eigenvalue weighted by Gasteiger charge is -2.04. The van der Waals surface area contributed by atoms with Crippen LogP contribution in [-0.2, 0) is 11.2 Å². The fourth-order valence-electron chi connectivity index (χ4n) is 1.50. The zero-order valence-electron chi connectivity index (χ0n) is 9.64. The van der Waals surface area contributed by atoms with Crippen LogP contribution in [0.1, 0.15) is 12.0 Å². The van der Waals surface area contributed by atoms with Gasteiger partial charge in [-0.25, -0.2) is 9.97 Å². The Morgan fingerprint density at radius 3 is 2.61 bits per heavy atom. The van der Waals surface area contributed by atoms with Gasteiger partial charge in [0.1, 0.15) is 0 Å². The van der Waals surface area contributed by atoms with E-state index in [9.17, 15) is 4.79 Å². The molecule has 0 radical (unpaired) electrons. The maximum atomic E-state index is 11.7. The first kappa shape index (κ1) is 12.5. The highest BCUT2D eigenvalue weighted by Crippen LogP contribution is 2.16. The van der Waals surface area contributed by atoms with Gasteiger partial charge in [-0.3, -0.25) is 10.1 Å². The third-order valence-corrected chi connectivity index (χ3v) is 2.76. The molecule has 4 nitrogen and oxygen atoms in total. The van der Waals surface area contributed by atoms with Crippen molar-refractivity contribution in [2.75, 3.05) is 5.32 Å². The number of aromatic nitrogens is 2. The number of carbonyl (C=O) groups excluding carboxylic acids is 1. The van der Waals surface area contributed by atoms with E-state index >= 15 is 0 Å². The number of aryl methyl sites for hydroxylation is 1. The van der Waals surface area contributed by atoms with E-state index in [1.54, 1.807) is 18.5 Å². The summed E-state index contributed by atoms with van der Waals surface area (Å²) >= 11 is 6.01. The maximum Gasteiger partial charge on any atom is 0.229 e. The smallest absolute Gasteiger partial charge is 0.229 e. The summed E-state index contributed by atoms with van der Waals surface area (Å²) in [6, 6.07) is 9.19. The van der Waals surface area contributed by atoms with Gasteiger partial charge in [0.25, 0.3) is 0 Å². The molecule has 0 aliphatic heterocycles. The highest BCUT2D eigenvalue weighted by Gasteiger charge is 2.06. The van der Waals surface area contributed by atoms with Gasteiger partial charge in [-0.05, 0) is 24.1 Å². The van der Waals surface area contributed by atoms with E-state index in [-0.39, 0.29) is 5.91 Å². The first-order chi connectivity index (χ1) is 8.75. The number of carbonyl (C=O) groups is 1. The summed E-state index contributed by atoms with van der Waals surface area (Å²) in [5, 5.41) is 3.31. The summed E-state index contributed by atoms with van der Waals surface area (Å²) in [6.45, 7) is 0. The van der Waals surface area contributed by atoms with Crippen LogP contribution < -0.4 is 5.32 Å². The van der Waals surface area contributed by atoms with Crippen molar-refractivity contribution >= 4 is 23.5 Å². The number of hydrogen-bond donors (Lipinski definition) is 1. The van der Waals surface area contributed by atoms with Crippen molar-refractivity contribution in [2.24, 2.45) is 0 Å². The zero-order chi connectivity index (χ0) is 12.8. The van der Waals surface area contributed by atoms with Crippen LogP contribution in [0.15, 0.2) is 42.7 Å². The monoisotopic (exact) mass is 261 g/mol. The molecule has 0 aliphatic rings. The van der Waals surface area contributed by atoms with Gasteiger partial charge in [0.2, 0.25) is 11.9 Å². The third kappa shape index (κ3) is 3.53. The van der Waals surface area contributed by atoms with Crippen LogP contribution in [0.5, 0.6) is 0 Å². The van der Waals surface area contributed by atoms with Crippen LogP contribution in [0.3, 0.4) is 0 Å². The molecule has 1 heterocycles. The second kappa shape index (κ2) is 6.12. The minimum atomic E-state index is -0.124. The van der Waals surface area contributed by atoms with E-state index < -0.39 is 0 Å². The second-order valence-electron chi connectivity index (χ2n) is 3.71. The molecule has 2 aromatic rings. The van der Waals surface area contributed by atoms with Gasteiger partial charge in [0.15, 0.2) is 0 Å². The molecule has 1 amide bonds. The Hall–Kier alpha value is -1.94. The van der Waals surface area contributed by atoms with E-state index in [0.717, 1.165) is 5.56 Å². The van der Waals surface area contributed by atoms with Crippen LogP contribution in [0.2, 0.25) is 5.02 Å². The van der Waals surface area contributed by atoms with Gasteiger partial charge in [-0.15, -0.1) is 0 Å². The third-order valence-electron chi connectivity index (χ3n) is 2.40. The molecule has 0 spiro atoms. The molecule has 0 atom stereocenters. The fourth-order valence-corrected chi connectivity index (χ4v) is 1.73. The minimum absolute atomic E-state index is 0.124. The van der Waals surface area contributed by atoms with Crippen LogP contribution in [0.25, 0.3) is 0 Å². The summed E-state index contributed by atoms with van der Waals surface area (Å²) in [7, 11) is 0. The number of anilines is 1. The standard InChI is InChI=1S/C13H12ClN3O/c14-11-5-2-1-4-10(11)6-7-12(18)17-13-15-8-3-9-16-13/h1-5,8-9H,6-7H2,(H,15,16,17,18). The number of hydrogen-bond acceptors (Lipinski definition) is 3. The second-order valence-corrected chi connectivity index (χ2v) is 4.12. The summed E-state index contributed by atoms with van der Waals surface area (Å²) in [5.74, 6) is 0.197. The van der Waals surface area contributed by atoms with Crippen molar-refractivity contribution in [3.63, 3.8) is 0 Å².